The van der Waals surface area contributed by atoms with Gasteiger partial charge in [-0.1, -0.05) is 77.9 Å². The van der Waals surface area contributed by atoms with Gasteiger partial charge in [0.2, 0.25) is 5.91 Å². The van der Waals surface area contributed by atoms with Crippen LogP contribution in [0.1, 0.15) is 22.7 Å². The van der Waals surface area contributed by atoms with Gasteiger partial charge in [-0.15, -0.1) is 0 Å². The highest BCUT2D eigenvalue weighted by Crippen LogP contribution is 2.35. The second-order valence-electron chi connectivity index (χ2n) is 7.69. The number of amides is 1. The molecule has 33 heavy (non-hydrogen) atoms. The van der Waals surface area contributed by atoms with E-state index in [1.165, 1.54) is 12.1 Å². The number of carbonyl (C=O) groups is 1. The van der Waals surface area contributed by atoms with E-state index in [-0.39, 0.29) is 24.3 Å². The molecule has 5 rings (SSSR count). The van der Waals surface area contributed by atoms with E-state index in [9.17, 15) is 9.18 Å². The number of benzene rings is 3. The van der Waals surface area contributed by atoms with Gasteiger partial charge in [0.15, 0.2) is 0 Å². The molecule has 2 heterocycles. The number of hydrogen-bond acceptors (Lipinski definition) is 5. The van der Waals surface area contributed by atoms with E-state index in [2.05, 4.69) is 26.9 Å². The quantitative estimate of drug-likeness (QED) is 0.496. The molecule has 4 aromatic rings. The van der Waals surface area contributed by atoms with E-state index >= 15 is 0 Å². The van der Waals surface area contributed by atoms with Gasteiger partial charge in [-0.25, -0.2) is 4.39 Å². The Labute approximate surface area is 190 Å². The highest BCUT2D eigenvalue weighted by Gasteiger charge is 2.31. The number of allylic oxidation sites excluding steroid dienone is 1. The summed E-state index contributed by atoms with van der Waals surface area (Å²) in [6.07, 6.45) is 2.07. The number of tetrazole rings is 1. The molecule has 164 valence electrons. The Morgan fingerprint density at radius 1 is 0.939 bits per heavy atom. The first-order valence-corrected chi connectivity index (χ1v) is 10.6. The lowest BCUT2D eigenvalue weighted by Crippen LogP contribution is -2.39. The van der Waals surface area contributed by atoms with Gasteiger partial charge in [0, 0.05) is 6.54 Å². The van der Waals surface area contributed by atoms with Crippen LogP contribution in [-0.2, 0) is 11.3 Å². The number of halogens is 1. The van der Waals surface area contributed by atoms with E-state index in [1.807, 2.05) is 65.6 Å². The minimum atomic E-state index is -0.309. The first-order valence-electron chi connectivity index (χ1n) is 10.6. The number of carbonyl (C=O) groups excluding carboxylic acids is 1. The fourth-order valence-corrected chi connectivity index (χ4v) is 3.87. The maximum atomic E-state index is 13.1. The standard InChI is InChI=1S/C25H21FN6O/c26-21-13-11-18(12-14-21)16-27-24(33)17-31-22(19-7-3-1-4-8-19)15-23(20-9-5-2-6-10-20)32-25(31)28-29-30-32/h1-15,23H,16-17H2,(H,27,33)/t23-/m1/s1. The van der Waals surface area contributed by atoms with Gasteiger partial charge in [-0.3, -0.25) is 9.69 Å². The highest BCUT2D eigenvalue weighted by molar-refractivity contribution is 5.89. The molecule has 0 fully saturated rings. The van der Waals surface area contributed by atoms with Crippen LogP contribution in [0, 0.1) is 5.82 Å². The smallest absolute Gasteiger partial charge is 0.251 e. The van der Waals surface area contributed by atoms with Gasteiger partial charge >= 0.3 is 0 Å². The molecule has 1 atom stereocenters. The number of aromatic nitrogens is 4. The Kier molecular flexibility index (Phi) is 5.63. The van der Waals surface area contributed by atoms with E-state index < -0.39 is 0 Å². The number of hydrogen-bond donors (Lipinski definition) is 1. The summed E-state index contributed by atoms with van der Waals surface area (Å²) in [7, 11) is 0. The summed E-state index contributed by atoms with van der Waals surface area (Å²) in [5, 5.41) is 15.2. The van der Waals surface area contributed by atoms with Gasteiger partial charge in [0.25, 0.3) is 5.95 Å². The van der Waals surface area contributed by atoms with Crippen molar-refractivity contribution >= 4 is 17.6 Å². The van der Waals surface area contributed by atoms with Gasteiger partial charge in [-0.05, 0) is 45.3 Å². The normalized spacial score (nSPS) is 15.0. The highest BCUT2D eigenvalue weighted by atomic mass is 19.1. The van der Waals surface area contributed by atoms with Crippen LogP contribution in [0.25, 0.3) is 5.70 Å². The minimum absolute atomic E-state index is 0.0316. The van der Waals surface area contributed by atoms with Crippen molar-refractivity contribution in [2.45, 2.75) is 12.6 Å². The summed E-state index contributed by atoms with van der Waals surface area (Å²) in [4.78, 5) is 14.7. The summed E-state index contributed by atoms with van der Waals surface area (Å²) < 4.78 is 14.9. The summed E-state index contributed by atoms with van der Waals surface area (Å²) in [6, 6.07) is 25.7. The third kappa shape index (κ3) is 4.36. The summed E-state index contributed by atoms with van der Waals surface area (Å²) in [5.74, 6) is -0.0214. The van der Waals surface area contributed by atoms with Crippen LogP contribution in [0.3, 0.4) is 0 Å². The molecule has 0 radical (unpaired) electrons. The van der Waals surface area contributed by atoms with Crippen molar-refractivity contribution in [2.24, 2.45) is 0 Å². The molecule has 0 bridgehead atoms. The lowest BCUT2D eigenvalue weighted by atomic mass is 10.0. The molecule has 0 unspecified atom stereocenters. The molecule has 1 aliphatic rings. The van der Waals surface area contributed by atoms with Crippen molar-refractivity contribution in [2.75, 3.05) is 11.4 Å². The lowest BCUT2D eigenvalue weighted by molar-refractivity contribution is -0.119. The Morgan fingerprint density at radius 3 is 2.36 bits per heavy atom. The second-order valence-corrected chi connectivity index (χ2v) is 7.69. The predicted octanol–water partition coefficient (Wildman–Crippen LogP) is 3.58. The average molecular weight is 440 g/mol. The van der Waals surface area contributed by atoms with E-state index in [4.69, 9.17) is 0 Å². The zero-order chi connectivity index (χ0) is 22.6. The van der Waals surface area contributed by atoms with E-state index in [0.717, 1.165) is 22.4 Å². The molecule has 7 nitrogen and oxygen atoms in total. The zero-order valence-electron chi connectivity index (χ0n) is 17.7. The van der Waals surface area contributed by atoms with Crippen molar-refractivity contribution in [3.63, 3.8) is 0 Å². The number of nitrogens with one attached hydrogen (secondary N) is 1. The number of fused-ring (bicyclic) bond motifs is 1. The van der Waals surface area contributed by atoms with Crippen LogP contribution in [0.4, 0.5) is 10.3 Å². The number of rotatable bonds is 6. The Hall–Kier alpha value is -4.33. The summed E-state index contributed by atoms with van der Waals surface area (Å²) in [6.45, 7) is 0.332. The second kappa shape index (κ2) is 9.04. The Morgan fingerprint density at radius 2 is 1.64 bits per heavy atom. The molecule has 1 amide bonds. The molecule has 1 aromatic heterocycles. The van der Waals surface area contributed by atoms with Crippen molar-refractivity contribution in [3.8, 4) is 0 Å². The SMILES string of the molecule is O=C(CN1C(c2ccccc2)=C[C@H](c2ccccc2)n2nnnc21)NCc1ccc(F)cc1. The van der Waals surface area contributed by atoms with Crippen LogP contribution < -0.4 is 10.2 Å². The molecule has 0 spiro atoms. The molecule has 0 saturated heterocycles. The Bertz CT molecular complexity index is 1270. The predicted molar refractivity (Wildman–Crippen MR) is 122 cm³/mol. The molecule has 1 aliphatic heterocycles. The molecule has 0 aliphatic carbocycles. The fraction of sp³-hybridized carbons (Fsp3) is 0.120. The van der Waals surface area contributed by atoms with Gasteiger partial charge in [-0.2, -0.15) is 4.68 Å². The van der Waals surface area contributed by atoms with Gasteiger partial charge in [0.1, 0.15) is 18.4 Å². The molecule has 0 saturated carbocycles. The number of anilines is 1. The van der Waals surface area contributed by atoms with Crippen LogP contribution in [0.15, 0.2) is 91.0 Å². The van der Waals surface area contributed by atoms with Crippen LogP contribution in [0.2, 0.25) is 0 Å². The maximum Gasteiger partial charge on any atom is 0.251 e. The first-order chi connectivity index (χ1) is 16.2. The zero-order valence-corrected chi connectivity index (χ0v) is 17.7. The van der Waals surface area contributed by atoms with E-state index in [0.29, 0.717) is 12.5 Å². The van der Waals surface area contributed by atoms with Crippen LogP contribution in [-0.4, -0.2) is 32.7 Å². The monoisotopic (exact) mass is 440 g/mol. The van der Waals surface area contributed by atoms with Crippen LogP contribution >= 0.6 is 0 Å². The van der Waals surface area contributed by atoms with E-state index in [1.54, 1.807) is 16.8 Å². The minimum Gasteiger partial charge on any atom is -0.350 e. The number of nitrogens with zero attached hydrogens (tertiary/aromatic N) is 5. The Balaban J connectivity index is 1.45. The maximum absolute atomic E-state index is 13.1. The van der Waals surface area contributed by atoms with Crippen molar-refractivity contribution in [1.29, 1.82) is 0 Å². The molecule has 1 N–H and O–H groups in total. The largest absolute Gasteiger partial charge is 0.350 e. The topological polar surface area (TPSA) is 75.9 Å². The average Bonchev–Trinajstić information content (AvgIpc) is 3.35. The van der Waals surface area contributed by atoms with Gasteiger partial charge < -0.3 is 5.32 Å². The summed E-state index contributed by atoms with van der Waals surface area (Å²) in [5.41, 5.74) is 3.67. The lowest BCUT2D eigenvalue weighted by Gasteiger charge is -2.32. The molecule has 8 heteroatoms. The summed E-state index contributed by atoms with van der Waals surface area (Å²) >= 11 is 0. The molecular weight excluding hydrogens is 419 g/mol. The molecule has 3 aromatic carbocycles. The van der Waals surface area contributed by atoms with Crippen LogP contribution in [0.5, 0.6) is 0 Å². The molecular formula is C25H21FN6O. The van der Waals surface area contributed by atoms with Crippen molar-refractivity contribution < 1.29 is 9.18 Å². The third-order valence-corrected chi connectivity index (χ3v) is 5.50. The first kappa shape index (κ1) is 20.6. The van der Waals surface area contributed by atoms with Crippen molar-refractivity contribution in [1.82, 2.24) is 25.5 Å². The fourth-order valence-electron chi connectivity index (χ4n) is 3.87. The third-order valence-electron chi connectivity index (χ3n) is 5.50. The van der Waals surface area contributed by atoms with Gasteiger partial charge in [0.05, 0.1) is 5.70 Å². The van der Waals surface area contributed by atoms with Crippen molar-refractivity contribution in [3.05, 3.63) is 114 Å².